The Balaban J connectivity index is 1.88. The molecule has 6 nitrogen and oxygen atoms in total. The molecule has 0 fully saturated rings. The number of hydrogen-bond acceptors (Lipinski definition) is 3. The van der Waals surface area contributed by atoms with E-state index in [0.29, 0.717) is 11.3 Å². The highest BCUT2D eigenvalue weighted by atomic mass is 16.2. The van der Waals surface area contributed by atoms with E-state index in [1.807, 2.05) is 62.4 Å². The molecule has 0 saturated carbocycles. The molecule has 2 amide bonds. The molecule has 1 aromatic heterocycles. The second kappa shape index (κ2) is 7.65. The number of para-hydroxylation sites is 1. The van der Waals surface area contributed by atoms with E-state index < -0.39 is 11.9 Å². The van der Waals surface area contributed by atoms with Crippen molar-refractivity contribution in [2.45, 2.75) is 19.9 Å². The average Bonchev–Trinajstić information content (AvgIpc) is 3.18. The number of anilines is 1. The van der Waals surface area contributed by atoms with Crippen LogP contribution in [-0.2, 0) is 4.79 Å². The van der Waals surface area contributed by atoms with Gasteiger partial charge in [0.05, 0.1) is 0 Å². The van der Waals surface area contributed by atoms with Crippen molar-refractivity contribution in [3.63, 3.8) is 0 Å². The first-order chi connectivity index (χ1) is 12.6. The van der Waals surface area contributed by atoms with Crippen LogP contribution in [0.25, 0.3) is 0 Å². The standard InChI is InChI=1S/C20H20N4O2/c1-13-7-6-8-14(2)17(13)22-20(26)18(15-9-4-3-5-10-15)23-19(25)16-11-12-21-24-16/h3-12,18H,1-2H3,(H,21,24)(H,22,26)(H,23,25)/t18-/m1/s1. The fraction of sp³-hybridized carbons (Fsp3) is 0.150. The van der Waals surface area contributed by atoms with Crippen molar-refractivity contribution in [2.75, 3.05) is 5.32 Å². The molecule has 0 unspecified atom stereocenters. The van der Waals surface area contributed by atoms with E-state index in [9.17, 15) is 9.59 Å². The first-order valence-electron chi connectivity index (χ1n) is 8.28. The Morgan fingerprint density at radius 3 is 2.27 bits per heavy atom. The fourth-order valence-electron chi connectivity index (χ4n) is 2.74. The van der Waals surface area contributed by atoms with Crippen LogP contribution in [0.15, 0.2) is 60.8 Å². The minimum Gasteiger partial charge on any atom is -0.335 e. The highest BCUT2D eigenvalue weighted by Crippen LogP contribution is 2.22. The molecule has 0 aliphatic rings. The maximum atomic E-state index is 13.0. The summed E-state index contributed by atoms with van der Waals surface area (Å²) in [5.41, 5.74) is 3.68. The van der Waals surface area contributed by atoms with E-state index in [1.165, 1.54) is 6.20 Å². The number of aromatic nitrogens is 2. The van der Waals surface area contributed by atoms with Gasteiger partial charge < -0.3 is 10.6 Å². The summed E-state index contributed by atoms with van der Waals surface area (Å²) in [7, 11) is 0. The van der Waals surface area contributed by atoms with E-state index in [4.69, 9.17) is 0 Å². The Kier molecular flexibility index (Phi) is 5.12. The molecule has 6 heteroatoms. The predicted octanol–water partition coefficient (Wildman–Crippen LogP) is 3.14. The van der Waals surface area contributed by atoms with Crippen molar-refractivity contribution in [3.8, 4) is 0 Å². The number of hydrogen-bond donors (Lipinski definition) is 3. The molecule has 1 heterocycles. The van der Waals surface area contributed by atoms with Gasteiger partial charge in [0.1, 0.15) is 11.7 Å². The van der Waals surface area contributed by atoms with Gasteiger partial charge in [0.15, 0.2) is 0 Å². The van der Waals surface area contributed by atoms with Gasteiger partial charge in [0, 0.05) is 11.9 Å². The van der Waals surface area contributed by atoms with Gasteiger partial charge in [-0.2, -0.15) is 5.10 Å². The lowest BCUT2D eigenvalue weighted by molar-refractivity contribution is -0.118. The van der Waals surface area contributed by atoms with Crippen molar-refractivity contribution in [1.29, 1.82) is 0 Å². The molecule has 0 radical (unpaired) electrons. The molecule has 2 aromatic carbocycles. The molecule has 0 bridgehead atoms. The molecular formula is C20H20N4O2. The van der Waals surface area contributed by atoms with Gasteiger partial charge in [-0.1, -0.05) is 48.5 Å². The maximum absolute atomic E-state index is 13.0. The van der Waals surface area contributed by atoms with E-state index in [2.05, 4.69) is 20.8 Å². The van der Waals surface area contributed by atoms with Crippen molar-refractivity contribution in [1.82, 2.24) is 15.5 Å². The first-order valence-corrected chi connectivity index (χ1v) is 8.28. The van der Waals surface area contributed by atoms with E-state index in [-0.39, 0.29) is 5.91 Å². The number of carbonyl (C=O) groups excluding carboxylic acids is 2. The zero-order valence-electron chi connectivity index (χ0n) is 14.6. The lowest BCUT2D eigenvalue weighted by Crippen LogP contribution is -2.37. The van der Waals surface area contributed by atoms with Crippen LogP contribution in [0.1, 0.15) is 33.2 Å². The van der Waals surface area contributed by atoms with Gasteiger partial charge in [-0.3, -0.25) is 14.7 Å². The Morgan fingerprint density at radius 2 is 1.65 bits per heavy atom. The normalized spacial score (nSPS) is 11.6. The van der Waals surface area contributed by atoms with Crippen LogP contribution >= 0.6 is 0 Å². The smallest absolute Gasteiger partial charge is 0.270 e. The molecule has 0 spiro atoms. The molecule has 3 rings (SSSR count). The second-order valence-corrected chi connectivity index (χ2v) is 6.04. The number of rotatable bonds is 5. The van der Waals surface area contributed by atoms with Gasteiger partial charge >= 0.3 is 0 Å². The molecule has 1 atom stereocenters. The number of nitrogens with one attached hydrogen (secondary N) is 3. The summed E-state index contributed by atoms with van der Waals surface area (Å²) < 4.78 is 0. The largest absolute Gasteiger partial charge is 0.335 e. The van der Waals surface area contributed by atoms with Crippen molar-refractivity contribution in [2.24, 2.45) is 0 Å². The first kappa shape index (κ1) is 17.4. The third kappa shape index (κ3) is 3.80. The van der Waals surface area contributed by atoms with Crippen LogP contribution in [-0.4, -0.2) is 22.0 Å². The van der Waals surface area contributed by atoms with Crippen LogP contribution in [0.5, 0.6) is 0 Å². The number of aromatic amines is 1. The van der Waals surface area contributed by atoms with Crippen LogP contribution < -0.4 is 10.6 Å². The number of benzene rings is 2. The number of nitrogens with zero attached hydrogens (tertiary/aromatic N) is 1. The summed E-state index contributed by atoms with van der Waals surface area (Å²) in [6.07, 6.45) is 1.49. The minimum absolute atomic E-state index is 0.297. The van der Waals surface area contributed by atoms with Gasteiger partial charge in [-0.15, -0.1) is 0 Å². The monoisotopic (exact) mass is 348 g/mol. The van der Waals surface area contributed by atoms with E-state index in [1.54, 1.807) is 6.07 Å². The average molecular weight is 348 g/mol. The predicted molar refractivity (Wildman–Crippen MR) is 99.8 cm³/mol. The van der Waals surface area contributed by atoms with Crippen LogP contribution in [0, 0.1) is 13.8 Å². The SMILES string of the molecule is Cc1cccc(C)c1NC(=O)[C@H](NC(=O)c1ccn[nH]1)c1ccccc1. The number of aryl methyl sites for hydroxylation is 2. The summed E-state index contributed by atoms with van der Waals surface area (Å²) >= 11 is 0. The molecular weight excluding hydrogens is 328 g/mol. The Labute approximate surface area is 151 Å². The third-order valence-electron chi connectivity index (χ3n) is 4.15. The summed E-state index contributed by atoms with van der Waals surface area (Å²) in [6.45, 7) is 3.87. The number of carbonyl (C=O) groups is 2. The summed E-state index contributed by atoms with van der Waals surface area (Å²) in [4.78, 5) is 25.4. The van der Waals surface area contributed by atoms with Crippen molar-refractivity contribution < 1.29 is 9.59 Å². The van der Waals surface area contributed by atoms with Gasteiger partial charge in [0.2, 0.25) is 0 Å². The molecule has 132 valence electrons. The molecule has 0 aliphatic heterocycles. The zero-order chi connectivity index (χ0) is 18.5. The lowest BCUT2D eigenvalue weighted by Gasteiger charge is -2.20. The van der Waals surface area contributed by atoms with Gasteiger partial charge in [-0.05, 0) is 36.6 Å². The lowest BCUT2D eigenvalue weighted by atomic mass is 10.0. The minimum atomic E-state index is -0.828. The summed E-state index contributed by atoms with van der Waals surface area (Å²) in [5, 5.41) is 12.1. The summed E-state index contributed by atoms with van der Waals surface area (Å²) in [6, 6.07) is 15.7. The van der Waals surface area contributed by atoms with E-state index >= 15 is 0 Å². The Bertz CT molecular complexity index is 885. The number of H-pyrrole nitrogens is 1. The fourth-order valence-corrected chi connectivity index (χ4v) is 2.74. The zero-order valence-corrected chi connectivity index (χ0v) is 14.6. The number of amides is 2. The van der Waals surface area contributed by atoms with E-state index in [0.717, 1.165) is 16.8 Å². The van der Waals surface area contributed by atoms with Crippen molar-refractivity contribution in [3.05, 3.63) is 83.2 Å². The van der Waals surface area contributed by atoms with Crippen LogP contribution in [0.3, 0.4) is 0 Å². The Hall–Kier alpha value is -3.41. The Morgan fingerprint density at radius 1 is 0.962 bits per heavy atom. The third-order valence-corrected chi connectivity index (χ3v) is 4.15. The van der Waals surface area contributed by atoms with Crippen LogP contribution in [0.2, 0.25) is 0 Å². The summed E-state index contributed by atoms with van der Waals surface area (Å²) in [5.74, 6) is -0.700. The van der Waals surface area contributed by atoms with Gasteiger partial charge in [0.25, 0.3) is 11.8 Å². The molecule has 0 saturated heterocycles. The highest BCUT2D eigenvalue weighted by molar-refractivity contribution is 6.01. The second-order valence-electron chi connectivity index (χ2n) is 6.04. The topological polar surface area (TPSA) is 86.9 Å². The van der Waals surface area contributed by atoms with Crippen LogP contribution in [0.4, 0.5) is 5.69 Å². The molecule has 26 heavy (non-hydrogen) atoms. The maximum Gasteiger partial charge on any atom is 0.270 e. The van der Waals surface area contributed by atoms with Crippen molar-refractivity contribution >= 4 is 17.5 Å². The molecule has 3 aromatic rings. The highest BCUT2D eigenvalue weighted by Gasteiger charge is 2.24. The quantitative estimate of drug-likeness (QED) is 0.662. The molecule has 3 N–H and O–H groups in total. The molecule has 0 aliphatic carbocycles. The van der Waals surface area contributed by atoms with Gasteiger partial charge in [-0.25, -0.2) is 0 Å².